The minimum absolute atomic E-state index is 0.194. The van der Waals surface area contributed by atoms with Gasteiger partial charge in [0.1, 0.15) is 12.4 Å². The Morgan fingerprint density at radius 3 is 2.53 bits per heavy atom. The average molecular weight is 321 g/mol. The van der Waals surface area contributed by atoms with E-state index in [0.717, 1.165) is 12.3 Å². The maximum absolute atomic E-state index is 8.70. The predicted octanol–water partition coefficient (Wildman–Crippen LogP) is 1.59. The highest BCUT2D eigenvalue weighted by Gasteiger charge is 1.97. The molecule has 1 rings (SSSR count). The summed E-state index contributed by atoms with van der Waals surface area (Å²) in [6.45, 7) is 2.36. The molecule has 0 atom stereocenters. The van der Waals surface area contributed by atoms with E-state index in [1.54, 1.807) is 0 Å². The van der Waals surface area contributed by atoms with Crippen molar-refractivity contribution in [3.63, 3.8) is 0 Å². The van der Waals surface area contributed by atoms with Gasteiger partial charge >= 0.3 is 0 Å². The Balaban J connectivity index is 2.22. The van der Waals surface area contributed by atoms with Gasteiger partial charge in [-0.3, -0.25) is 0 Å². The quantitative estimate of drug-likeness (QED) is 0.808. The van der Waals surface area contributed by atoms with Gasteiger partial charge in [-0.2, -0.15) is 0 Å². The maximum Gasteiger partial charge on any atom is 0.119 e. The predicted molar refractivity (Wildman–Crippen MR) is 69.2 cm³/mol. The van der Waals surface area contributed by atoms with Gasteiger partial charge < -0.3 is 14.7 Å². The summed E-state index contributed by atoms with van der Waals surface area (Å²) in [5, 5.41) is 8.70. The second-order valence-corrected chi connectivity index (χ2v) is 4.57. The van der Waals surface area contributed by atoms with Gasteiger partial charge in [0.15, 0.2) is 0 Å². The van der Waals surface area contributed by atoms with Crippen LogP contribution in [0.2, 0.25) is 0 Å². The van der Waals surface area contributed by atoms with E-state index in [4.69, 9.17) is 9.84 Å². The summed E-state index contributed by atoms with van der Waals surface area (Å²) in [6, 6.07) is 7.97. The van der Waals surface area contributed by atoms with Crippen LogP contribution >= 0.6 is 22.6 Å². The monoisotopic (exact) mass is 321 g/mol. The van der Waals surface area contributed by atoms with E-state index in [0.29, 0.717) is 13.2 Å². The molecule has 0 saturated carbocycles. The molecule has 0 aliphatic rings. The normalized spacial score (nSPS) is 10.7. The first-order valence-corrected chi connectivity index (χ1v) is 5.98. The Hall–Kier alpha value is -0.330. The van der Waals surface area contributed by atoms with Gasteiger partial charge in [0.05, 0.1) is 6.61 Å². The lowest BCUT2D eigenvalue weighted by atomic mass is 10.3. The number of halogens is 1. The summed E-state index contributed by atoms with van der Waals surface area (Å²) in [5.74, 6) is 0.896. The van der Waals surface area contributed by atoms with Crippen molar-refractivity contribution >= 4 is 22.6 Å². The third kappa shape index (κ3) is 5.34. The fourth-order valence-electron chi connectivity index (χ4n) is 1.13. The smallest absolute Gasteiger partial charge is 0.119 e. The van der Waals surface area contributed by atoms with Crippen molar-refractivity contribution in [2.75, 3.05) is 33.4 Å². The fraction of sp³-hybridized carbons (Fsp3) is 0.455. The molecule has 0 fully saturated rings. The van der Waals surface area contributed by atoms with Crippen LogP contribution < -0.4 is 4.74 Å². The van der Waals surface area contributed by atoms with Crippen LogP contribution in [0.3, 0.4) is 0 Å². The Kier molecular flexibility index (Phi) is 5.97. The lowest BCUT2D eigenvalue weighted by Crippen LogP contribution is -2.27. The molecule has 0 bridgehead atoms. The number of hydrogen-bond acceptors (Lipinski definition) is 3. The summed E-state index contributed by atoms with van der Waals surface area (Å²) in [6.07, 6.45) is 0. The topological polar surface area (TPSA) is 32.7 Å². The molecule has 0 unspecified atom stereocenters. The number of hydrogen-bond donors (Lipinski definition) is 1. The number of benzene rings is 1. The van der Waals surface area contributed by atoms with Crippen LogP contribution in [0.15, 0.2) is 24.3 Å². The van der Waals surface area contributed by atoms with Crippen LogP contribution in [0, 0.1) is 3.57 Å². The van der Waals surface area contributed by atoms with Crippen LogP contribution in [0.5, 0.6) is 5.75 Å². The summed E-state index contributed by atoms with van der Waals surface area (Å²) in [4.78, 5) is 2.03. The van der Waals surface area contributed by atoms with Crippen molar-refractivity contribution in [1.29, 1.82) is 0 Å². The van der Waals surface area contributed by atoms with E-state index in [-0.39, 0.29) is 6.61 Å². The van der Waals surface area contributed by atoms with Crippen LogP contribution in [0.1, 0.15) is 0 Å². The highest BCUT2D eigenvalue weighted by atomic mass is 127. The fourth-order valence-corrected chi connectivity index (χ4v) is 1.49. The second kappa shape index (κ2) is 7.03. The van der Waals surface area contributed by atoms with E-state index in [9.17, 15) is 0 Å². The average Bonchev–Trinajstić information content (AvgIpc) is 2.21. The summed E-state index contributed by atoms with van der Waals surface area (Å²) < 4.78 is 6.76. The van der Waals surface area contributed by atoms with Crippen molar-refractivity contribution in [2.24, 2.45) is 0 Å². The van der Waals surface area contributed by atoms with Gasteiger partial charge in [-0.15, -0.1) is 0 Å². The molecular weight excluding hydrogens is 305 g/mol. The molecule has 0 radical (unpaired) electrons. The minimum atomic E-state index is 0.194. The number of nitrogens with zero attached hydrogens (tertiary/aromatic N) is 1. The molecule has 1 aromatic rings. The SMILES string of the molecule is CN(CCO)CCOc1ccc(I)cc1. The van der Waals surface area contributed by atoms with Gasteiger partial charge in [-0.05, 0) is 53.9 Å². The first-order valence-electron chi connectivity index (χ1n) is 4.90. The zero-order chi connectivity index (χ0) is 11.1. The highest BCUT2D eigenvalue weighted by Crippen LogP contribution is 2.13. The number of rotatable bonds is 6. The molecule has 0 heterocycles. The largest absolute Gasteiger partial charge is 0.492 e. The molecule has 0 spiro atoms. The standard InChI is InChI=1S/C11H16INO2/c1-13(6-8-14)7-9-15-11-4-2-10(12)3-5-11/h2-5,14H,6-9H2,1H3. The Morgan fingerprint density at radius 1 is 1.27 bits per heavy atom. The summed E-state index contributed by atoms with van der Waals surface area (Å²) >= 11 is 2.26. The lowest BCUT2D eigenvalue weighted by Gasteiger charge is -2.15. The van der Waals surface area contributed by atoms with Crippen molar-refractivity contribution in [2.45, 2.75) is 0 Å². The molecule has 1 aromatic carbocycles. The first-order chi connectivity index (χ1) is 7.22. The number of aliphatic hydroxyl groups is 1. The van der Waals surface area contributed by atoms with E-state index in [1.165, 1.54) is 3.57 Å². The molecule has 1 N–H and O–H groups in total. The highest BCUT2D eigenvalue weighted by molar-refractivity contribution is 14.1. The minimum Gasteiger partial charge on any atom is -0.492 e. The molecule has 0 aromatic heterocycles. The summed E-state index contributed by atoms with van der Waals surface area (Å²) in [7, 11) is 1.97. The van der Waals surface area contributed by atoms with Crippen LogP contribution in [0.4, 0.5) is 0 Å². The third-order valence-electron chi connectivity index (χ3n) is 2.04. The molecule has 3 nitrogen and oxygen atoms in total. The molecule has 15 heavy (non-hydrogen) atoms. The number of ether oxygens (including phenoxy) is 1. The van der Waals surface area contributed by atoms with Crippen LogP contribution in [-0.4, -0.2) is 43.4 Å². The van der Waals surface area contributed by atoms with E-state index in [2.05, 4.69) is 22.6 Å². The van der Waals surface area contributed by atoms with Gasteiger partial charge in [0, 0.05) is 16.7 Å². The Morgan fingerprint density at radius 2 is 1.93 bits per heavy atom. The maximum atomic E-state index is 8.70. The van der Waals surface area contributed by atoms with Crippen molar-refractivity contribution < 1.29 is 9.84 Å². The van der Waals surface area contributed by atoms with Gasteiger partial charge in [-0.1, -0.05) is 0 Å². The molecular formula is C11H16INO2. The second-order valence-electron chi connectivity index (χ2n) is 3.33. The third-order valence-corrected chi connectivity index (χ3v) is 2.76. The first kappa shape index (κ1) is 12.7. The molecule has 4 heteroatoms. The van der Waals surface area contributed by atoms with Crippen LogP contribution in [-0.2, 0) is 0 Å². The number of aliphatic hydroxyl groups excluding tert-OH is 1. The number of likely N-dealkylation sites (N-methyl/N-ethyl adjacent to an activating group) is 1. The zero-order valence-corrected chi connectivity index (χ0v) is 11.0. The van der Waals surface area contributed by atoms with Gasteiger partial charge in [0.2, 0.25) is 0 Å². The molecule has 0 amide bonds. The summed E-state index contributed by atoms with van der Waals surface area (Å²) in [5.41, 5.74) is 0. The zero-order valence-electron chi connectivity index (χ0n) is 8.82. The van der Waals surface area contributed by atoms with Gasteiger partial charge in [-0.25, -0.2) is 0 Å². The molecule has 0 aliphatic heterocycles. The molecule has 84 valence electrons. The Labute approximate surface area is 104 Å². The van der Waals surface area contributed by atoms with Crippen LogP contribution in [0.25, 0.3) is 0 Å². The van der Waals surface area contributed by atoms with Crippen molar-refractivity contribution in [3.05, 3.63) is 27.8 Å². The van der Waals surface area contributed by atoms with Crippen molar-refractivity contribution in [3.8, 4) is 5.75 Å². The Bertz CT molecular complexity index is 276. The van der Waals surface area contributed by atoms with E-state index < -0.39 is 0 Å². The van der Waals surface area contributed by atoms with E-state index >= 15 is 0 Å². The van der Waals surface area contributed by atoms with Gasteiger partial charge in [0.25, 0.3) is 0 Å². The van der Waals surface area contributed by atoms with Crippen molar-refractivity contribution in [1.82, 2.24) is 4.90 Å². The lowest BCUT2D eigenvalue weighted by molar-refractivity contribution is 0.192. The molecule has 0 saturated heterocycles. The van der Waals surface area contributed by atoms with E-state index in [1.807, 2.05) is 36.2 Å². The molecule has 0 aliphatic carbocycles.